The van der Waals surface area contributed by atoms with Gasteiger partial charge in [0.2, 0.25) is 0 Å². The predicted octanol–water partition coefficient (Wildman–Crippen LogP) is 5.59. The normalized spacial score (nSPS) is 10.4. The molecule has 0 saturated heterocycles. The molecule has 0 amide bonds. The average Bonchev–Trinajstić information content (AvgIpc) is 2.34. The van der Waals surface area contributed by atoms with Gasteiger partial charge in [0.1, 0.15) is 0 Å². The molecule has 2 aromatic rings. The Morgan fingerprint density at radius 2 is 1.78 bits per heavy atom. The van der Waals surface area contributed by atoms with Crippen molar-refractivity contribution in [1.82, 2.24) is 0 Å². The quantitative estimate of drug-likeness (QED) is 0.426. The number of ketones is 1. The van der Waals surface area contributed by atoms with Crippen LogP contribution >= 0.6 is 61.7 Å². The lowest BCUT2D eigenvalue weighted by atomic mass is 10.0. The van der Waals surface area contributed by atoms with Crippen molar-refractivity contribution in [3.05, 3.63) is 65.6 Å². The summed E-state index contributed by atoms with van der Waals surface area (Å²) in [5.74, 6) is -0.131. The van der Waals surface area contributed by atoms with Crippen molar-refractivity contribution in [1.29, 1.82) is 0 Å². The van der Waals surface area contributed by atoms with E-state index in [0.717, 1.165) is 8.04 Å². The topological polar surface area (TPSA) is 17.1 Å². The summed E-state index contributed by atoms with van der Waals surface area (Å²) in [5, 5.41) is 0.896. The van der Waals surface area contributed by atoms with Gasteiger partial charge in [-0.05, 0) is 59.0 Å². The lowest BCUT2D eigenvalue weighted by Gasteiger charge is -2.07. The molecule has 0 atom stereocenters. The first-order valence-corrected chi connectivity index (χ1v) is 7.56. The largest absolute Gasteiger partial charge is 0.289 e. The zero-order valence-corrected chi connectivity index (χ0v) is 14.1. The lowest BCUT2D eigenvalue weighted by molar-refractivity contribution is 0.103. The van der Waals surface area contributed by atoms with E-state index in [1.54, 1.807) is 24.3 Å². The van der Waals surface area contributed by atoms with Crippen LogP contribution in [-0.4, -0.2) is 5.78 Å². The van der Waals surface area contributed by atoms with Gasteiger partial charge in [0.05, 0.1) is 5.02 Å². The predicted molar refractivity (Wildman–Crippen MR) is 86.8 cm³/mol. The van der Waals surface area contributed by atoms with E-state index >= 15 is 0 Å². The third kappa shape index (κ3) is 3.07. The van der Waals surface area contributed by atoms with Crippen LogP contribution in [0.3, 0.4) is 0 Å². The van der Waals surface area contributed by atoms with Crippen molar-refractivity contribution in [2.24, 2.45) is 0 Å². The molecule has 2 aromatic carbocycles. The smallest absolute Gasteiger partial charge is 0.195 e. The van der Waals surface area contributed by atoms with Crippen molar-refractivity contribution < 1.29 is 4.79 Å². The molecule has 0 saturated carbocycles. The maximum Gasteiger partial charge on any atom is 0.195 e. The van der Waals surface area contributed by atoms with Gasteiger partial charge in [0, 0.05) is 24.2 Å². The van der Waals surface area contributed by atoms with Crippen molar-refractivity contribution in [3.63, 3.8) is 0 Å². The minimum absolute atomic E-state index is 0.131. The number of halogens is 4. The summed E-state index contributed by atoms with van der Waals surface area (Å²) in [4.78, 5) is 12.4. The third-order valence-electron chi connectivity index (χ3n) is 2.35. The van der Waals surface area contributed by atoms with E-state index in [1.807, 2.05) is 12.1 Å². The van der Waals surface area contributed by atoms with Gasteiger partial charge in [-0.3, -0.25) is 4.79 Å². The fourth-order valence-corrected chi connectivity index (χ4v) is 2.81. The second-order valence-electron chi connectivity index (χ2n) is 3.58. The maximum atomic E-state index is 12.4. The fourth-order valence-electron chi connectivity index (χ4n) is 1.49. The molecule has 5 heteroatoms. The summed E-state index contributed by atoms with van der Waals surface area (Å²) in [7, 11) is 0. The van der Waals surface area contributed by atoms with Gasteiger partial charge in [0.15, 0.2) is 5.78 Å². The third-order valence-corrected chi connectivity index (χ3v) is 4.34. The van der Waals surface area contributed by atoms with Crippen LogP contribution in [0.5, 0.6) is 0 Å². The molecule has 1 nitrogen and oxygen atoms in total. The van der Waals surface area contributed by atoms with Gasteiger partial charge < -0.3 is 0 Å². The van der Waals surface area contributed by atoms with Crippen LogP contribution in [0.25, 0.3) is 0 Å². The Labute approximate surface area is 137 Å². The van der Waals surface area contributed by atoms with Crippen LogP contribution in [0.1, 0.15) is 15.9 Å². The van der Waals surface area contributed by atoms with Crippen LogP contribution in [0, 0.1) is 3.57 Å². The van der Waals surface area contributed by atoms with Gasteiger partial charge in [-0.2, -0.15) is 0 Å². The number of hydrogen-bond acceptors (Lipinski definition) is 1. The Bertz CT molecular complexity index is 575. The second kappa shape index (κ2) is 5.90. The second-order valence-corrected chi connectivity index (χ2v) is 6.50. The molecule has 0 bridgehead atoms. The first kappa shape index (κ1) is 14.3. The lowest BCUT2D eigenvalue weighted by Crippen LogP contribution is -2.04. The number of carbonyl (C=O) groups excluding carboxylic acids is 1. The summed E-state index contributed by atoms with van der Waals surface area (Å²) in [6, 6.07) is 10.4. The highest BCUT2D eigenvalue weighted by atomic mass is 127. The summed E-state index contributed by atoms with van der Waals surface area (Å²) >= 11 is 17.4. The molecule has 2 rings (SSSR count). The van der Waals surface area contributed by atoms with Crippen molar-refractivity contribution in [2.75, 3.05) is 0 Å². The molecule has 0 radical (unpaired) electrons. The fraction of sp³-hybridized carbons (Fsp3) is 0. The van der Waals surface area contributed by atoms with E-state index in [9.17, 15) is 4.79 Å². The summed E-state index contributed by atoms with van der Waals surface area (Å²) < 4.78 is 1.72. The van der Waals surface area contributed by atoms with E-state index in [2.05, 4.69) is 38.5 Å². The SMILES string of the molecule is O=C(c1cc(Cl)ccc1Cl)c1cc(Br)ccc1I. The maximum absolute atomic E-state index is 12.4. The van der Waals surface area contributed by atoms with E-state index in [-0.39, 0.29) is 5.78 Å². The van der Waals surface area contributed by atoms with E-state index in [1.165, 1.54) is 0 Å². The monoisotopic (exact) mass is 454 g/mol. The van der Waals surface area contributed by atoms with Gasteiger partial charge in [-0.15, -0.1) is 0 Å². The Morgan fingerprint density at radius 3 is 2.50 bits per heavy atom. The molecule has 0 aliphatic heterocycles. The van der Waals surface area contributed by atoms with Gasteiger partial charge in [-0.1, -0.05) is 39.1 Å². The molecule has 0 unspecified atom stereocenters. The van der Waals surface area contributed by atoms with Crippen molar-refractivity contribution in [3.8, 4) is 0 Å². The first-order valence-electron chi connectivity index (χ1n) is 4.94. The average molecular weight is 456 g/mol. The van der Waals surface area contributed by atoms with Crippen LogP contribution in [-0.2, 0) is 0 Å². The molecule has 92 valence electrons. The summed E-state index contributed by atoms with van der Waals surface area (Å²) in [6.07, 6.45) is 0. The van der Waals surface area contributed by atoms with Gasteiger partial charge >= 0.3 is 0 Å². The molecule has 0 spiro atoms. The molecule has 0 aliphatic carbocycles. The minimum Gasteiger partial charge on any atom is -0.289 e. The molecule has 0 fully saturated rings. The van der Waals surface area contributed by atoms with Crippen LogP contribution in [0.15, 0.2) is 40.9 Å². The molecule has 0 aromatic heterocycles. The molecule has 0 N–H and O–H groups in total. The van der Waals surface area contributed by atoms with Gasteiger partial charge in [0.25, 0.3) is 0 Å². The number of carbonyl (C=O) groups is 1. The molecule has 0 aliphatic rings. The van der Waals surface area contributed by atoms with Crippen LogP contribution < -0.4 is 0 Å². The first-order chi connectivity index (χ1) is 8.49. The number of rotatable bonds is 2. The zero-order valence-electron chi connectivity index (χ0n) is 8.88. The highest BCUT2D eigenvalue weighted by Crippen LogP contribution is 2.26. The Kier molecular flexibility index (Phi) is 4.69. The van der Waals surface area contributed by atoms with Crippen LogP contribution in [0.4, 0.5) is 0 Å². The zero-order chi connectivity index (χ0) is 13.3. The van der Waals surface area contributed by atoms with E-state index in [4.69, 9.17) is 23.2 Å². The van der Waals surface area contributed by atoms with Crippen molar-refractivity contribution >= 4 is 67.5 Å². The van der Waals surface area contributed by atoms with Crippen LogP contribution in [0.2, 0.25) is 10.0 Å². The highest BCUT2D eigenvalue weighted by Gasteiger charge is 2.16. The van der Waals surface area contributed by atoms with E-state index in [0.29, 0.717) is 21.2 Å². The standard InChI is InChI=1S/C13H6BrCl2IO/c14-7-1-4-12(17)10(5-7)13(18)9-6-8(15)2-3-11(9)16/h1-6H. The van der Waals surface area contributed by atoms with E-state index < -0.39 is 0 Å². The molecular formula is C13H6BrCl2IO. The summed E-state index contributed by atoms with van der Waals surface area (Å²) in [6.45, 7) is 0. The van der Waals surface area contributed by atoms with Crippen molar-refractivity contribution in [2.45, 2.75) is 0 Å². The molecular weight excluding hydrogens is 450 g/mol. The highest BCUT2D eigenvalue weighted by molar-refractivity contribution is 14.1. The molecule has 0 heterocycles. The summed E-state index contributed by atoms with van der Waals surface area (Å²) in [5.41, 5.74) is 1.02. The number of benzene rings is 2. The number of hydrogen-bond donors (Lipinski definition) is 0. The van der Waals surface area contributed by atoms with Gasteiger partial charge in [-0.25, -0.2) is 0 Å². The Hall–Kier alpha value is -0.100. The Morgan fingerprint density at radius 1 is 1.06 bits per heavy atom. The minimum atomic E-state index is -0.131. The molecule has 18 heavy (non-hydrogen) atoms. The Balaban J connectivity index is 2.54.